The number of carbonyl (C=O) groups is 2. The maximum Gasteiger partial charge on any atom is 0.352 e. The van der Waals surface area contributed by atoms with Gasteiger partial charge in [-0.3, -0.25) is 9.78 Å². The molecule has 0 atom stereocenters. The highest BCUT2D eigenvalue weighted by Crippen LogP contribution is 2.16. The van der Waals surface area contributed by atoms with E-state index in [1.165, 1.54) is 23.6 Å². The van der Waals surface area contributed by atoms with Crippen LogP contribution >= 0.6 is 0 Å². The van der Waals surface area contributed by atoms with E-state index in [0.29, 0.717) is 34.1 Å². The molecule has 0 unspecified atom stereocenters. The number of ether oxygens (including phenoxy) is 1. The number of nitrogens with zero attached hydrogens (tertiary/aromatic N) is 5. The molecule has 0 saturated heterocycles. The summed E-state index contributed by atoms with van der Waals surface area (Å²) in [7, 11) is 1.29. The Morgan fingerprint density at radius 3 is 2.55 bits per heavy atom. The van der Waals surface area contributed by atoms with Gasteiger partial charge in [-0.15, -0.1) is 5.10 Å². The summed E-state index contributed by atoms with van der Waals surface area (Å²) in [6, 6.07) is 13.3. The van der Waals surface area contributed by atoms with E-state index in [1.54, 1.807) is 37.4 Å². The number of amides is 1. The SMILES string of the molecule is COC(=O)c1ccc(NC(=O)Cn2nc3cc(-c4ccccn4)nc(C)n3c2=O)cc1. The normalized spacial score (nSPS) is 10.8. The maximum atomic E-state index is 12.7. The highest BCUT2D eigenvalue weighted by atomic mass is 16.5. The molecule has 0 aliphatic heterocycles. The molecule has 0 bridgehead atoms. The lowest BCUT2D eigenvalue weighted by Crippen LogP contribution is -2.28. The Bertz CT molecular complexity index is 1330. The number of aromatic nitrogens is 5. The van der Waals surface area contributed by atoms with E-state index in [0.717, 1.165) is 4.68 Å². The van der Waals surface area contributed by atoms with Crippen LogP contribution in [-0.4, -0.2) is 43.1 Å². The van der Waals surface area contributed by atoms with E-state index in [9.17, 15) is 14.4 Å². The predicted molar refractivity (Wildman–Crippen MR) is 112 cm³/mol. The second kappa shape index (κ2) is 8.19. The molecule has 0 fully saturated rings. The van der Waals surface area contributed by atoms with Crippen LogP contribution in [0.4, 0.5) is 5.69 Å². The third kappa shape index (κ3) is 4.04. The third-order valence-corrected chi connectivity index (χ3v) is 4.55. The summed E-state index contributed by atoms with van der Waals surface area (Å²) < 4.78 is 7.05. The minimum atomic E-state index is -0.469. The van der Waals surface area contributed by atoms with Crippen molar-refractivity contribution in [3.63, 3.8) is 0 Å². The lowest BCUT2D eigenvalue weighted by Gasteiger charge is -2.05. The topological polar surface area (TPSA) is 120 Å². The molecule has 1 aromatic carbocycles. The standard InChI is InChI=1S/C21H18N6O4/c1-13-23-17(16-5-3-4-10-22-16)11-18-25-26(21(30)27(13)18)12-19(28)24-15-8-6-14(7-9-15)20(29)31-2/h3-11H,12H2,1-2H3,(H,24,28). The van der Waals surface area contributed by atoms with Gasteiger partial charge in [-0.05, 0) is 43.3 Å². The summed E-state index contributed by atoms with van der Waals surface area (Å²) in [5, 5.41) is 6.94. The molecule has 0 aliphatic carbocycles. The number of benzene rings is 1. The third-order valence-electron chi connectivity index (χ3n) is 4.55. The quantitative estimate of drug-likeness (QED) is 0.490. The molecule has 0 aliphatic rings. The van der Waals surface area contributed by atoms with Gasteiger partial charge in [0.15, 0.2) is 5.65 Å². The Hall–Kier alpha value is -4.34. The van der Waals surface area contributed by atoms with Crippen molar-refractivity contribution in [1.29, 1.82) is 0 Å². The number of rotatable bonds is 5. The van der Waals surface area contributed by atoms with Crippen molar-refractivity contribution in [2.24, 2.45) is 0 Å². The molecular weight excluding hydrogens is 400 g/mol. The number of aryl methyl sites for hydroxylation is 1. The van der Waals surface area contributed by atoms with Crippen molar-refractivity contribution in [2.45, 2.75) is 13.5 Å². The van der Waals surface area contributed by atoms with Crippen molar-refractivity contribution in [2.75, 3.05) is 12.4 Å². The predicted octanol–water partition coefficient (Wildman–Crippen LogP) is 1.69. The average molecular weight is 418 g/mol. The lowest BCUT2D eigenvalue weighted by atomic mass is 10.2. The molecule has 0 saturated carbocycles. The number of hydrogen-bond donors (Lipinski definition) is 1. The van der Waals surface area contributed by atoms with Gasteiger partial charge in [-0.1, -0.05) is 6.07 Å². The molecule has 4 rings (SSSR count). The van der Waals surface area contributed by atoms with Gasteiger partial charge < -0.3 is 10.1 Å². The van der Waals surface area contributed by atoms with Crippen molar-refractivity contribution in [1.82, 2.24) is 24.1 Å². The number of hydrogen-bond acceptors (Lipinski definition) is 7. The van der Waals surface area contributed by atoms with Crippen LogP contribution in [0, 0.1) is 6.92 Å². The van der Waals surface area contributed by atoms with E-state index in [4.69, 9.17) is 0 Å². The van der Waals surface area contributed by atoms with Gasteiger partial charge in [0, 0.05) is 18.0 Å². The summed E-state index contributed by atoms with van der Waals surface area (Å²) in [5.74, 6) is -0.469. The summed E-state index contributed by atoms with van der Waals surface area (Å²) in [6.07, 6.45) is 1.66. The summed E-state index contributed by atoms with van der Waals surface area (Å²) in [5.41, 5.74) is 1.98. The Morgan fingerprint density at radius 2 is 1.87 bits per heavy atom. The molecule has 1 N–H and O–H groups in total. The summed E-state index contributed by atoms with van der Waals surface area (Å²) in [6.45, 7) is 1.41. The summed E-state index contributed by atoms with van der Waals surface area (Å²) >= 11 is 0. The van der Waals surface area contributed by atoms with Crippen molar-refractivity contribution >= 4 is 23.2 Å². The first kappa shape index (κ1) is 20.0. The second-order valence-electron chi connectivity index (χ2n) is 6.65. The van der Waals surface area contributed by atoms with Crippen LogP contribution in [0.2, 0.25) is 0 Å². The van der Waals surface area contributed by atoms with Crippen LogP contribution in [0.15, 0.2) is 59.5 Å². The number of nitrogens with one attached hydrogen (secondary N) is 1. The zero-order chi connectivity index (χ0) is 22.0. The van der Waals surface area contributed by atoms with Gasteiger partial charge >= 0.3 is 11.7 Å². The maximum absolute atomic E-state index is 12.7. The van der Waals surface area contributed by atoms with Crippen LogP contribution in [-0.2, 0) is 16.1 Å². The molecule has 156 valence electrons. The second-order valence-corrected chi connectivity index (χ2v) is 6.65. The Morgan fingerprint density at radius 1 is 1.10 bits per heavy atom. The van der Waals surface area contributed by atoms with Crippen molar-refractivity contribution < 1.29 is 14.3 Å². The highest BCUT2D eigenvalue weighted by Gasteiger charge is 2.15. The Kier molecular flexibility index (Phi) is 5.27. The van der Waals surface area contributed by atoms with Crippen LogP contribution in [0.5, 0.6) is 0 Å². The van der Waals surface area contributed by atoms with Crippen LogP contribution in [0.3, 0.4) is 0 Å². The van der Waals surface area contributed by atoms with Crippen molar-refractivity contribution in [3.05, 3.63) is 76.6 Å². The zero-order valence-corrected chi connectivity index (χ0v) is 16.8. The van der Waals surface area contributed by atoms with Crippen LogP contribution in [0.25, 0.3) is 17.0 Å². The minimum Gasteiger partial charge on any atom is -0.465 e. The fraction of sp³-hybridized carbons (Fsp3) is 0.143. The largest absolute Gasteiger partial charge is 0.465 e. The zero-order valence-electron chi connectivity index (χ0n) is 16.8. The van der Waals surface area contributed by atoms with Gasteiger partial charge in [-0.2, -0.15) is 0 Å². The number of esters is 1. The molecule has 10 nitrogen and oxygen atoms in total. The van der Waals surface area contributed by atoms with Crippen LogP contribution in [0.1, 0.15) is 16.2 Å². The highest BCUT2D eigenvalue weighted by molar-refractivity contribution is 5.92. The molecule has 4 aromatic rings. The number of anilines is 1. The fourth-order valence-electron chi connectivity index (χ4n) is 3.09. The number of carbonyl (C=O) groups excluding carboxylic acids is 2. The smallest absolute Gasteiger partial charge is 0.352 e. The molecule has 0 radical (unpaired) electrons. The molecule has 1 amide bonds. The first-order valence-electron chi connectivity index (χ1n) is 9.33. The molecule has 31 heavy (non-hydrogen) atoms. The fourth-order valence-corrected chi connectivity index (χ4v) is 3.09. The van der Waals surface area contributed by atoms with Gasteiger partial charge in [0.05, 0.1) is 24.1 Å². The van der Waals surface area contributed by atoms with E-state index in [-0.39, 0.29) is 6.54 Å². The molecule has 3 aromatic heterocycles. The number of methoxy groups -OCH3 is 1. The average Bonchev–Trinajstić information content (AvgIpc) is 3.09. The van der Waals surface area contributed by atoms with Gasteiger partial charge in [0.25, 0.3) is 0 Å². The molecule has 10 heteroatoms. The van der Waals surface area contributed by atoms with E-state index in [1.807, 2.05) is 12.1 Å². The summed E-state index contributed by atoms with van der Waals surface area (Å²) in [4.78, 5) is 45.3. The Labute approximate surface area is 176 Å². The van der Waals surface area contributed by atoms with Gasteiger partial charge in [0.2, 0.25) is 5.91 Å². The van der Waals surface area contributed by atoms with E-state index in [2.05, 4.69) is 25.1 Å². The molecule has 3 heterocycles. The van der Waals surface area contributed by atoms with Gasteiger partial charge in [0.1, 0.15) is 12.4 Å². The minimum absolute atomic E-state index is 0.280. The molecule has 0 spiro atoms. The first-order chi connectivity index (χ1) is 15.0. The molecular formula is C21H18N6O4. The lowest BCUT2D eigenvalue weighted by molar-refractivity contribution is -0.117. The van der Waals surface area contributed by atoms with E-state index < -0.39 is 17.6 Å². The number of fused-ring (bicyclic) bond motifs is 1. The number of pyridine rings is 1. The first-order valence-corrected chi connectivity index (χ1v) is 9.33. The van der Waals surface area contributed by atoms with Crippen LogP contribution < -0.4 is 11.0 Å². The Balaban J connectivity index is 1.56. The van der Waals surface area contributed by atoms with E-state index >= 15 is 0 Å². The van der Waals surface area contributed by atoms with Crippen molar-refractivity contribution in [3.8, 4) is 11.4 Å². The monoisotopic (exact) mass is 418 g/mol. The van der Waals surface area contributed by atoms with Gasteiger partial charge in [-0.25, -0.2) is 23.7 Å².